The number of thiazole rings is 1. The Labute approximate surface area is 211 Å². The lowest BCUT2D eigenvalue weighted by molar-refractivity contribution is 0.811. The van der Waals surface area contributed by atoms with Gasteiger partial charge in [0.1, 0.15) is 4.70 Å². The summed E-state index contributed by atoms with van der Waals surface area (Å²) in [6.07, 6.45) is 0. The molecule has 0 unspecified atom stereocenters. The normalized spacial score (nSPS) is 11.3. The molecule has 0 aliphatic heterocycles. The average molecular weight is 502 g/mol. The molecule has 170 valence electrons. The minimum absolute atomic E-state index is 0.0952. The van der Waals surface area contributed by atoms with E-state index in [2.05, 4.69) is 45.0 Å². The summed E-state index contributed by atoms with van der Waals surface area (Å²) >= 11 is 8.60. The highest BCUT2D eigenvalue weighted by Gasteiger charge is 2.19. The molecule has 0 spiro atoms. The highest BCUT2D eigenvalue weighted by atomic mass is 32.2. The SMILES string of the molecule is Cc1ccc(-n2c(=S)sc3c(=O)n(-c4ccccc4)c(SCc4ccccc4C)nc32)cc1C. The summed E-state index contributed by atoms with van der Waals surface area (Å²) in [5.41, 5.74) is 7.07. The fraction of sp³-hybridized carbons (Fsp3) is 0.148. The second-order valence-electron chi connectivity index (χ2n) is 8.21. The number of nitrogens with zero attached hydrogens (tertiary/aromatic N) is 3. The van der Waals surface area contributed by atoms with Gasteiger partial charge in [-0.1, -0.05) is 71.6 Å². The van der Waals surface area contributed by atoms with Crippen LogP contribution in [-0.2, 0) is 5.75 Å². The van der Waals surface area contributed by atoms with E-state index in [-0.39, 0.29) is 5.56 Å². The Morgan fingerprint density at radius 2 is 1.59 bits per heavy atom. The lowest BCUT2D eigenvalue weighted by atomic mass is 10.1. The molecule has 7 heteroatoms. The van der Waals surface area contributed by atoms with Crippen LogP contribution in [-0.4, -0.2) is 14.1 Å². The van der Waals surface area contributed by atoms with E-state index in [4.69, 9.17) is 17.2 Å². The van der Waals surface area contributed by atoms with E-state index in [0.717, 1.165) is 11.4 Å². The van der Waals surface area contributed by atoms with Gasteiger partial charge in [-0.05, 0) is 79.5 Å². The highest BCUT2D eigenvalue weighted by molar-refractivity contribution is 7.98. The first kappa shape index (κ1) is 22.8. The molecular weight excluding hydrogens is 479 g/mol. The lowest BCUT2D eigenvalue weighted by Gasteiger charge is -2.14. The summed E-state index contributed by atoms with van der Waals surface area (Å²) in [5, 5.41) is 0.650. The van der Waals surface area contributed by atoms with Gasteiger partial charge < -0.3 is 0 Å². The Kier molecular flexibility index (Phi) is 6.25. The van der Waals surface area contributed by atoms with Crippen LogP contribution in [0.4, 0.5) is 0 Å². The molecule has 2 aromatic heterocycles. The van der Waals surface area contributed by atoms with Crippen LogP contribution < -0.4 is 5.56 Å². The monoisotopic (exact) mass is 501 g/mol. The number of thioether (sulfide) groups is 1. The number of fused-ring (bicyclic) bond motifs is 1. The quantitative estimate of drug-likeness (QED) is 0.145. The second kappa shape index (κ2) is 9.33. The van der Waals surface area contributed by atoms with Crippen LogP contribution in [0.5, 0.6) is 0 Å². The molecule has 0 aliphatic rings. The lowest BCUT2D eigenvalue weighted by Crippen LogP contribution is -2.21. The molecule has 2 heterocycles. The first-order chi connectivity index (χ1) is 16.4. The van der Waals surface area contributed by atoms with Crippen LogP contribution >= 0.6 is 35.3 Å². The van der Waals surface area contributed by atoms with Gasteiger partial charge in [0.05, 0.1) is 5.69 Å². The van der Waals surface area contributed by atoms with E-state index in [1.807, 2.05) is 53.1 Å². The maximum Gasteiger partial charge on any atom is 0.278 e. The van der Waals surface area contributed by atoms with E-state index in [0.29, 0.717) is 25.2 Å². The number of rotatable bonds is 5. The minimum Gasteiger partial charge on any atom is -0.275 e. The summed E-state index contributed by atoms with van der Waals surface area (Å²) in [4.78, 5) is 18.8. The van der Waals surface area contributed by atoms with E-state index in [1.54, 1.807) is 16.3 Å². The van der Waals surface area contributed by atoms with Gasteiger partial charge >= 0.3 is 0 Å². The molecule has 4 nitrogen and oxygen atoms in total. The fourth-order valence-corrected chi connectivity index (χ4v) is 6.23. The van der Waals surface area contributed by atoms with E-state index in [1.165, 1.54) is 33.6 Å². The van der Waals surface area contributed by atoms with Crippen molar-refractivity contribution < 1.29 is 0 Å². The number of hydrogen-bond acceptors (Lipinski definition) is 5. The zero-order valence-electron chi connectivity index (χ0n) is 19.1. The summed E-state index contributed by atoms with van der Waals surface area (Å²) in [5.74, 6) is 0.714. The third-order valence-corrected chi connectivity index (χ3v) is 8.30. The minimum atomic E-state index is -0.0952. The predicted molar refractivity (Wildman–Crippen MR) is 146 cm³/mol. The zero-order valence-corrected chi connectivity index (χ0v) is 21.6. The van der Waals surface area contributed by atoms with Crippen molar-refractivity contribution in [2.45, 2.75) is 31.7 Å². The van der Waals surface area contributed by atoms with Crippen molar-refractivity contribution in [3.8, 4) is 11.4 Å². The molecule has 0 fully saturated rings. The highest BCUT2D eigenvalue weighted by Crippen LogP contribution is 2.30. The first-order valence-electron chi connectivity index (χ1n) is 10.9. The molecule has 3 aromatic carbocycles. The number of aromatic nitrogens is 3. The van der Waals surface area contributed by atoms with Gasteiger partial charge in [0.15, 0.2) is 14.8 Å². The number of hydrogen-bond donors (Lipinski definition) is 0. The Bertz CT molecular complexity index is 1630. The van der Waals surface area contributed by atoms with Gasteiger partial charge in [-0.2, -0.15) is 0 Å². The third kappa shape index (κ3) is 4.15. The van der Waals surface area contributed by atoms with Gasteiger partial charge in [0.25, 0.3) is 5.56 Å². The maximum atomic E-state index is 13.8. The molecule has 0 radical (unpaired) electrons. The van der Waals surface area contributed by atoms with Crippen LogP contribution in [0.1, 0.15) is 22.3 Å². The number of benzene rings is 3. The second-order valence-corrected chi connectivity index (χ2v) is 10.8. The van der Waals surface area contributed by atoms with Gasteiger partial charge in [-0.3, -0.25) is 13.9 Å². The molecular formula is C27H23N3OS3. The van der Waals surface area contributed by atoms with Crippen molar-refractivity contribution in [1.82, 2.24) is 14.1 Å². The van der Waals surface area contributed by atoms with E-state index in [9.17, 15) is 4.79 Å². The third-order valence-electron chi connectivity index (χ3n) is 5.96. The molecule has 34 heavy (non-hydrogen) atoms. The van der Waals surface area contributed by atoms with Crippen LogP contribution in [0.3, 0.4) is 0 Å². The molecule has 0 N–H and O–H groups in total. The standard InChI is InChI=1S/C27H23N3OS3/c1-17-13-14-22(15-19(17)3)29-24-23(34-27(29)32)25(31)30(21-11-5-4-6-12-21)26(28-24)33-16-20-10-8-7-9-18(20)2/h4-15H,16H2,1-3H3. The Balaban J connectivity index is 1.73. The number of aryl methyl sites for hydroxylation is 3. The van der Waals surface area contributed by atoms with Crippen molar-refractivity contribution in [3.63, 3.8) is 0 Å². The summed E-state index contributed by atoms with van der Waals surface area (Å²) in [6.45, 7) is 6.27. The molecule has 5 rings (SSSR count). The molecule has 0 bridgehead atoms. The van der Waals surface area contributed by atoms with E-state index < -0.39 is 0 Å². The first-order valence-corrected chi connectivity index (χ1v) is 13.1. The molecule has 0 aliphatic carbocycles. The summed E-state index contributed by atoms with van der Waals surface area (Å²) in [6, 6.07) is 24.2. The predicted octanol–water partition coefficient (Wildman–Crippen LogP) is 7.18. The zero-order chi connectivity index (χ0) is 23.8. The van der Waals surface area contributed by atoms with Gasteiger partial charge in [0.2, 0.25) is 0 Å². The molecule has 0 saturated heterocycles. The fourth-order valence-electron chi connectivity index (χ4n) is 3.84. The Morgan fingerprint density at radius 1 is 0.853 bits per heavy atom. The number of para-hydroxylation sites is 1. The van der Waals surface area contributed by atoms with Gasteiger partial charge in [-0.15, -0.1) is 0 Å². The Hall–Kier alpha value is -3.00. The van der Waals surface area contributed by atoms with Crippen LogP contribution in [0.15, 0.2) is 82.7 Å². The van der Waals surface area contributed by atoms with E-state index >= 15 is 0 Å². The van der Waals surface area contributed by atoms with Crippen LogP contribution in [0.25, 0.3) is 21.7 Å². The average Bonchev–Trinajstić information content (AvgIpc) is 3.17. The van der Waals surface area contributed by atoms with Crippen molar-refractivity contribution in [2.75, 3.05) is 0 Å². The summed E-state index contributed by atoms with van der Waals surface area (Å²) in [7, 11) is 0. The topological polar surface area (TPSA) is 39.8 Å². The van der Waals surface area contributed by atoms with Crippen molar-refractivity contribution in [2.24, 2.45) is 0 Å². The van der Waals surface area contributed by atoms with Crippen LogP contribution in [0.2, 0.25) is 0 Å². The van der Waals surface area contributed by atoms with Crippen molar-refractivity contribution >= 4 is 45.7 Å². The Morgan fingerprint density at radius 3 is 2.32 bits per heavy atom. The van der Waals surface area contributed by atoms with Crippen molar-refractivity contribution in [3.05, 3.63) is 109 Å². The molecule has 0 saturated carbocycles. The summed E-state index contributed by atoms with van der Waals surface area (Å²) < 4.78 is 4.81. The van der Waals surface area contributed by atoms with Gasteiger partial charge in [-0.25, -0.2) is 4.98 Å². The van der Waals surface area contributed by atoms with Gasteiger partial charge in [0, 0.05) is 11.4 Å². The molecule has 0 atom stereocenters. The molecule has 5 aromatic rings. The largest absolute Gasteiger partial charge is 0.278 e. The van der Waals surface area contributed by atoms with Crippen molar-refractivity contribution in [1.29, 1.82) is 0 Å². The smallest absolute Gasteiger partial charge is 0.275 e. The molecule has 0 amide bonds. The maximum absolute atomic E-state index is 13.8. The van der Waals surface area contributed by atoms with Crippen LogP contribution in [0, 0.1) is 24.7 Å².